The summed E-state index contributed by atoms with van der Waals surface area (Å²) >= 11 is 0. The second-order valence-electron chi connectivity index (χ2n) is 8.81. The zero-order chi connectivity index (χ0) is 27.1. The molecule has 2 amide bonds. The molecular formula is C29H30N2O7. The Morgan fingerprint density at radius 3 is 2.16 bits per heavy atom. The first kappa shape index (κ1) is 26.5. The molecule has 9 nitrogen and oxygen atoms in total. The topological polar surface area (TPSA) is 126 Å². The summed E-state index contributed by atoms with van der Waals surface area (Å²) in [6, 6.07) is 19.9. The average Bonchev–Trinajstić information content (AvgIpc) is 3.26. The van der Waals surface area contributed by atoms with Crippen LogP contribution in [-0.2, 0) is 25.7 Å². The van der Waals surface area contributed by atoms with Crippen LogP contribution in [0.15, 0.2) is 66.7 Å². The lowest BCUT2D eigenvalue weighted by Crippen LogP contribution is -2.43. The molecule has 0 aromatic heterocycles. The van der Waals surface area contributed by atoms with Crippen LogP contribution in [0.3, 0.4) is 0 Å². The standard InChI is InChI=1S/C29H30N2O7/c1-35-19-12-11-18(26(15-19)36-2)16-37-28(33)25(13-14-27(30)32)31-29(34)38-17-24-22-9-5-3-7-20(22)21-8-4-6-10-23(21)24/h3-12,15,24-25H,13-14,16-17H2,1-2H3,(H2,30,32)(H,31,34)/t25-/m0/s1. The van der Waals surface area contributed by atoms with Gasteiger partial charge in [0.2, 0.25) is 5.91 Å². The van der Waals surface area contributed by atoms with E-state index >= 15 is 0 Å². The van der Waals surface area contributed by atoms with Crippen LogP contribution < -0.4 is 20.5 Å². The van der Waals surface area contributed by atoms with E-state index in [4.69, 9.17) is 24.7 Å². The lowest BCUT2D eigenvalue weighted by atomic mass is 9.98. The number of methoxy groups -OCH3 is 2. The fraction of sp³-hybridized carbons (Fsp3) is 0.276. The van der Waals surface area contributed by atoms with Gasteiger partial charge in [0.1, 0.15) is 30.8 Å². The number of primary amides is 1. The van der Waals surface area contributed by atoms with E-state index in [1.54, 1.807) is 18.2 Å². The number of carbonyl (C=O) groups is 3. The maximum absolute atomic E-state index is 12.9. The van der Waals surface area contributed by atoms with E-state index in [0.717, 1.165) is 22.3 Å². The molecule has 0 bridgehead atoms. The fourth-order valence-electron chi connectivity index (χ4n) is 4.54. The van der Waals surface area contributed by atoms with Gasteiger partial charge in [-0.2, -0.15) is 0 Å². The Kier molecular flexibility index (Phi) is 8.47. The van der Waals surface area contributed by atoms with Gasteiger partial charge < -0.3 is 30.0 Å². The van der Waals surface area contributed by atoms with Gasteiger partial charge in [-0.1, -0.05) is 48.5 Å². The quantitative estimate of drug-likeness (QED) is 0.369. The summed E-state index contributed by atoms with van der Waals surface area (Å²) in [5, 5.41) is 2.53. The van der Waals surface area contributed by atoms with Crippen molar-refractivity contribution in [1.29, 1.82) is 0 Å². The molecule has 1 atom stereocenters. The Morgan fingerprint density at radius 1 is 0.895 bits per heavy atom. The van der Waals surface area contributed by atoms with Gasteiger partial charge >= 0.3 is 12.1 Å². The maximum Gasteiger partial charge on any atom is 0.407 e. The largest absolute Gasteiger partial charge is 0.497 e. The molecule has 0 aliphatic heterocycles. The fourth-order valence-corrected chi connectivity index (χ4v) is 4.54. The molecule has 1 aliphatic rings. The van der Waals surface area contributed by atoms with Crippen LogP contribution in [-0.4, -0.2) is 44.8 Å². The highest BCUT2D eigenvalue weighted by atomic mass is 16.6. The van der Waals surface area contributed by atoms with Crippen molar-refractivity contribution < 1.29 is 33.3 Å². The molecule has 9 heteroatoms. The highest BCUT2D eigenvalue weighted by Crippen LogP contribution is 2.44. The number of amides is 2. The van der Waals surface area contributed by atoms with E-state index in [0.29, 0.717) is 17.1 Å². The minimum Gasteiger partial charge on any atom is -0.497 e. The van der Waals surface area contributed by atoms with Crippen LogP contribution in [0.25, 0.3) is 11.1 Å². The summed E-state index contributed by atoms with van der Waals surface area (Å²) in [5.74, 6) is -0.387. The van der Waals surface area contributed by atoms with E-state index in [2.05, 4.69) is 5.32 Å². The molecule has 3 N–H and O–H groups in total. The first-order chi connectivity index (χ1) is 18.4. The number of esters is 1. The number of carbonyl (C=O) groups excluding carboxylic acids is 3. The molecule has 198 valence electrons. The zero-order valence-corrected chi connectivity index (χ0v) is 21.3. The van der Waals surface area contributed by atoms with Crippen molar-refractivity contribution in [2.24, 2.45) is 5.73 Å². The van der Waals surface area contributed by atoms with Crippen LogP contribution in [0, 0.1) is 0 Å². The number of ether oxygens (including phenoxy) is 4. The van der Waals surface area contributed by atoms with Gasteiger partial charge in [0.15, 0.2) is 0 Å². The summed E-state index contributed by atoms with van der Waals surface area (Å²) < 4.78 is 21.5. The second kappa shape index (κ2) is 12.1. The molecule has 1 aliphatic carbocycles. The predicted octanol–water partition coefficient (Wildman–Crippen LogP) is 3.92. The van der Waals surface area contributed by atoms with Crippen LogP contribution in [0.4, 0.5) is 4.79 Å². The van der Waals surface area contributed by atoms with Gasteiger partial charge in [-0.05, 0) is 40.8 Å². The van der Waals surface area contributed by atoms with Crippen molar-refractivity contribution in [3.63, 3.8) is 0 Å². The first-order valence-corrected chi connectivity index (χ1v) is 12.2. The molecule has 0 saturated heterocycles. The number of rotatable bonds is 11. The molecule has 38 heavy (non-hydrogen) atoms. The Morgan fingerprint density at radius 2 is 1.55 bits per heavy atom. The van der Waals surface area contributed by atoms with Crippen LogP contribution in [0.2, 0.25) is 0 Å². The summed E-state index contributed by atoms with van der Waals surface area (Å²) in [4.78, 5) is 37.0. The van der Waals surface area contributed by atoms with E-state index in [1.807, 2.05) is 48.5 Å². The zero-order valence-electron chi connectivity index (χ0n) is 21.3. The lowest BCUT2D eigenvalue weighted by molar-refractivity contribution is -0.147. The third kappa shape index (κ3) is 6.05. The Hall–Kier alpha value is -4.53. The number of nitrogens with two attached hydrogens (primary N) is 1. The number of alkyl carbamates (subject to hydrolysis) is 1. The Balaban J connectivity index is 1.40. The summed E-state index contributed by atoms with van der Waals surface area (Å²) in [6.07, 6.45) is -0.937. The third-order valence-electron chi connectivity index (χ3n) is 6.46. The molecule has 0 unspecified atom stereocenters. The highest BCUT2D eigenvalue weighted by Gasteiger charge is 2.30. The Labute approximate surface area is 220 Å². The van der Waals surface area contributed by atoms with Crippen LogP contribution in [0.1, 0.15) is 35.4 Å². The minimum absolute atomic E-state index is 0.0297. The molecule has 3 aromatic rings. The van der Waals surface area contributed by atoms with Gasteiger partial charge in [-0.15, -0.1) is 0 Å². The average molecular weight is 519 g/mol. The number of hydrogen-bond donors (Lipinski definition) is 2. The first-order valence-electron chi connectivity index (χ1n) is 12.2. The lowest BCUT2D eigenvalue weighted by Gasteiger charge is -2.19. The maximum atomic E-state index is 12.9. The smallest absolute Gasteiger partial charge is 0.407 e. The molecule has 0 saturated carbocycles. The van der Waals surface area contributed by atoms with E-state index < -0.39 is 24.0 Å². The summed E-state index contributed by atoms with van der Waals surface area (Å²) in [6.45, 7) is -0.0219. The molecule has 0 fully saturated rings. The predicted molar refractivity (Wildman–Crippen MR) is 140 cm³/mol. The third-order valence-corrected chi connectivity index (χ3v) is 6.46. The molecule has 0 radical (unpaired) electrons. The van der Waals surface area contributed by atoms with Crippen molar-refractivity contribution in [3.05, 3.63) is 83.4 Å². The molecule has 0 spiro atoms. The van der Waals surface area contributed by atoms with Gasteiger partial charge in [-0.3, -0.25) is 4.79 Å². The van der Waals surface area contributed by atoms with Crippen molar-refractivity contribution >= 4 is 18.0 Å². The normalized spacial score (nSPS) is 12.6. The SMILES string of the molecule is COc1ccc(COC(=O)[C@H](CCC(N)=O)NC(=O)OCC2c3ccccc3-c3ccccc32)c(OC)c1. The molecule has 3 aromatic carbocycles. The van der Waals surface area contributed by atoms with Gasteiger partial charge in [-0.25, -0.2) is 9.59 Å². The highest BCUT2D eigenvalue weighted by molar-refractivity contribution is 5.83. The number of nitrogens with one attached hydrogen (secondary N) is 1. The second-order valence-corrected chi connectivity index (χ2v) is 8.81. The van der Waals surface area contributed by atoms with Crippen molar-refractivity contribution in [2.45, 2.75) is 31.4 Å². The summed E-state index contributed by atoms with van der Waals surface area (Å²) in [7, 11) is 3.03. The van der Waals surface area contributed by atoms with Crippen LogP contribution in [0.5, 0.6) is 11.5 Å². The van der Waals surface area contributed by atoms with E-state index in [9.17, 15) is 14.4 Å². The number of benzene rings is 3. The van der Waals surface area contributed by atoms with Gasteiger partial charge in [0.05, 0.1) is 14.2 Å². The summed E-state index contributed by atoms with van der Waals surface area (Å²) in [5.41, 5.74) is 10.2. The van der Waals surface area contributed by atoms with Crippen LogP contribution >= 0.6 is 0 Å². The monoisotopic (exact) mass is 518 g/mol. The van der Waals surface area contributed by atoms with E-state index in [1.165, 1.54) is 14.2 Å². The number of fused-ring (bicyclic) bond motifs is 3. The molecule has 0 heterocycles. The van der Waals surface area contributed by atoms with Gasteiger partial charge in [0.25, 0.3) is 0 Å². The Bertz CT molecular complexity index is 1280. The van der Waals surface area contributed by atoms with E-state index in [-0.39, 0.29) is 32.0 Å². The number of hydrogen-bond acceptors (Lipinski definition) is 7. The molecular weight excluding hydrogens is 488 g/mol. The minimum atomic E-state index is -1.12. The van der Waals surface area contributed by atoms with Crippen molar-refractivity contribution in [2.75, 3.05) is 20.8 Å². The molecule has 4 rings (SSSR count). The van der Waals surface area contributed by atoms with Crippen molar-refractivity contribution in [1.82, 2.24) is 5.32 Å². The van der Waals surface area contributed by atoms with Gasteiger partial charge in [0, 0.05) is 24.0 Å². The van der Waals surface area contributed by atoms with Crippen molar-refractivity contribution in [3.8, 4) is 22.6 Å².